The summed E-state index contributed by atoms with van der Waals surface area (Å²) in [6.07, 6.45) is 10.3. The maximum atomic E-state index is 14.3. The van der Waals surface area contributed by atoms with E-state index in [1.54, 1.807) is 18.2 Å². The van der Waals surface area contributed by atoms with Crippen LogP contribution in [0.5, 0.6) is 5.75 Å². The first-order valence-electron chi connectivity index (χ1n) is 10.0. The Bertz CT molecular complexity index is 828. The molecular weight excluding hydrogens is 385 g/mol. The molecule has 0 aliphatic rings. The van der Waals surface area contributed by atoms with Crippen molar-refractivity contribution in [3.05, 3.63) is 59.9 Å². The molecule has 0 aliphatic heterocycles. The van der Waals surface area contributed by atoms with E-state index in [-0.39, 0.29) is 10.8 Å². The van der Waals surface area contributed by atoms with Gasteiger partial charge in [-0.15, -0.1) is 0 Å². The van der Waals surface area contributed by atoms with Crippen molar-refractivity contribution in [1.82, 2.24) is 4.98 Å². The third-order valence-corrected chi connectivity index (χ3v) is 4.58. The largest absolute Gasteiger partial charge is 0.491 e. The van der Waals surface area contributed by atoms with Gasteiger partial charge < -0.3 is 15.8 Å². The van der Waals surface area contributed by atoms with Gasteiger partial charge in [-0.05, 0) is 25.5 Å². The molecule has 6 heteroatoms. The molecule has 2 aromatic rings. The van der Waals surface area contributed by atoms with E-state index in [9.17, 15) is 4.39 Å². The van der Waals surface area contributed by atoms with E-state index in [2.05, 4.69) is 23.8 Å². The minimum Gasteiger partial charge on any atom is -0.491 e. The summed E-state index contributed by atoms with van der Waals surface area (Å²) in [6.45, 7) is 12.4. The van der Waals surface area contributed by atoms with Crippen LogP contribution in [0.15, 0.2) is 49.1 Å². The fraction of sp³-hybridized carbons (Fsp3) is 0.348. The molecule has 0 fully saturated rings. The first kappa shape index (κ1) is 24.4. The normalized spacial score (nSPS) is 11.1. The van der Waals surface area contributed by atoms with Gasteiger partial charge in [-0.2, -0.15) is 4.39 Å². The monoisotopic (exact) mass is 417 g/mol. The van der Waals surface area contributed by atoms with E-state index in [0.29, 0.717) is 28.7 Å². The number of nitrogens with two attached hydrogens (primary N) is 1. The van der Waals surface area contributed by atoms with Crippen LogP contribution in [0.3, 0.4) is 0 Å². The van der Waals surface area contributed by atoms with Crippen molar-refractivity contribution in [2.24, 2.45) is 0 Å². The number of nitrogen functional groups attached to an aromatic ring is 1. The average molecular weight is 418 g/mol. The number of hydrogen-bond donors (Lipinski definition) is 2. The highest BCUT2D eigenvalue weighted by molar-refractivity contribution is 7.14. The molecule has 0 atom stereocenters. The number of nitrogens with zero attached hydrogens (tertiary/aromatic N) is 1. The first-order chi connectivity index (χ1) is 14.1. The van der Waals surface area contributed by atoms with Crippen LogP contribution >= 0.6 is 11.3 Å². The van der Waals surface area contributed by atoms with Crippen LogP contribution in [0.2, 0.25) is 0 Å². The Labute approximate surface area is 178 Å². The van der Waals surface area contributed by atoms with Crippen LogP contribution in [0, 0.1) is 5.13 Å². The van der Waals surface area contributed by atoms with Crippen LogP contribution in [-0.2, 0) is 0 Å². The summed E-state index contributed by atoms with van der Waals surface area (Å²) in [5.74, 6) is 0.619. The van der Waals surface area contributed by atoms with Crippen molar-refractivity contribution in [1.29, 1.82) is 0 Å². The Kier molecular flexibility index (Phi) is 11.4. The van der Waals surface area contributed by atoms with E-state index in [0.717, 1.165) is 36.3 Å². The molecular formula is C23H32FN3OS. The van der Waals surface area contributed by atoms with Gasteiger partial charge in [0.2, 0.25) is 5.13 Å². The minimum absolute atomic E-state index is 0.280. The summed E-state index contributed by atoms with van der Waals surface area (Å²) < 4.78 is 20.1. The zero-order valence-corrected chi connectivity index (χ0v) is 18.6. The number of benzene rings is 1. The van der Waals surface area contributed by atoms with Crippen LogP contribution < -0.4 is 15.8 Å². The van der Waals surface area contributed by atoms with Gasteiger partial charge in [0.15, 0.2) is 5.13 Å². The molecule has 4 nitrogen and oxygen atoms in total. The predicted molar refractivity (Wildman–Crippen MR) is 126 cm³/mol. The molecule has 0 saturated heterocycles. The van der Waals surface area contributed by atoms with Crippen molar-refractivity contribution in [3.63, 3.8) is 0 Å². The molecule has 158 valence electrons. The second-order valence-electron chi connectivity index (χ2n) is 5.93. The minimum atomic E-state index is -0.361. The van der Waals surface area contributed by atoms with E-state index < -0.39 is 0 Å². The summed E-state index contributed by atoms with van der Waals surface area (Å²) in [7, 11) is 0. The molecule has 0 radical (unpaired) electrons. The van der Waals surface area contributed by atoms with E-state index >= 15 is 0 Å². The second kappa shape index (κ2) is 13.6. The average Bonchev–Trinajstić information content (AvgIpc) is 3.09. The van der Waals surface area contributed by atoms with Crippen molar-refractivity contribution in [3.8, 4) is 5.75 Å². The number of halogens is 1. The summed E-state index contributed by atoms with van der Waals surface area (Å²) >= 11 is 0.947. The fourth-order valence-electron chi connectivity index (χ4n) is 2.37. The van der Waals surface area contributed by atoms with Crippen LogP contribution in [0.25, 0.3) is 5.57 Å². The van der Waals surface area contributed by atoms with Crippen molar-refractivity contribution in [2.45, 2.75) is 47.0 Å². The van der Waals surface area contributed by atoms with Crippen molar-refractivity contribution in [2.75, 3.05) is 17.7 Å². The van der Waals surface area contributed by atoms with Gasteiger partial charge in [0, 0.05) is 17.3 Å². The van der Waals surface area contributed by atoms with Crippen LogP contribution in [0.1, 0.15) is 52.7 Å². The van der Waals surface area contributed by atoms with Gasteiger partial charge in [0.05, 0.1) is 12.3 Å². The molecule has 0 saturated carbocycles. The Morgan fingerprint density at radius 3 is 2.76 bits per heavy atom. The Balaban J connectivity index is 0.00000204. The third kappa shape index (κ3) is 7.74. The third-order valence-electron chi connectivity index (χ3n) is 3.82. The van der Waals surface area contributed by atoms with Gasteiger partial charge >= 0.3 is 0 Å². The lowest BCUT2D eigenvalue weighted by Crippen LogP contribution is -2.01. The number of anilines is 3. The maximum Gasteiger partial charge on any atom is 0.206 e. The molecule has 29 heavy (non-hydrogen) atoms. The summed E-state index contributed by atoms with van der Waals surface area (Å²) in [5, 5.41) is 3.22. The molecule has 1 heterocycles. The number of thiazole rings is 1. The number of rotatable bonds is 10. The number of unbranched alkanes of at least 4 members (excludes halogenated alkanes) is 2. The molecule has 0 aliphatic carbocycles. The maximum absolute atomic E-state index is 14.3. The number of aromatic nitrogens is 1. The number of ether oxygens (including phenoxy) is 1. The molecule has 1 aromatic heterocycles. The van der Waals surface area contributed by atoms with Gasteiger partial charge in [-0.1, -0.05) is 75.8 Å². The highest BCUT2D eigenvalue weighted by Crippen LogP contribution is 2.32. The smallest absolute Gasteiger partial charge is 0.206 e. The number of hydrogen-bond acceptors (Lipinski definition) is 5. The number of nitrogens with one attached hydrogen (secondary N) is 1. The number of allylic oxidation sites excluding steroid dienone is 5. The van der Waals surface area contributed by atoms with Gasteiger partial charge in [-0.25, -0.2) is 4.98 Å². The standard InChI is InChI=1S/C21H26FN3OS.C2H6/c1-4-7-9-13-26-18-14-16(11-12-17(18)23)24-21-25-19(20(22)27-21)15(6-3)10-8-5-2;1-2/h5-6,8,10-12,14H,3-4,7,9,13,23H2,1-2H3,(H,24,25);1-2H3/b8-5-,15-10+;. The highest BCUT2D eigenvalue weighted by atomic mass is 32.1. The summed E-state index contributed by atoms with van der Waals surface area (Å²) in [6, 6.07) is 5.39. The van der Waals surface area contributed by atoms with Crippen LogP contribution in [-0.4, -0.2) is 11.6 Å². The fourth-order valence-corrected chi connectivity index (χ4v) is 3.11. The molecule has 0 spiro atoms. The van der Waals surface area contributed by atoms with Crippen molar-refractivity contribution >= 4 is 33.4 Å². The lowest BCUT2D eigenvalue weighted by molar-refractivity contribution is 0.308. The lowest BCUT2D eigenvalue weighted by Gasteiger charge is -2.11. The van der Waals surface area contributed by atoms with Crippen molar-refractivity contribution < 1.29 is 9.13 Å². The molecule has 0 bridgehead atoms. The zero-order valence-electron chi connectivity index (χ0n) is 17.8. The van der Waals surface area contributed by atoms with E-state index in [4.69, 9.17) is 10.5 Å². The molecule has 1 aromatic carbocycles. The van der Waals surface area contributed by atoms with E-state index in [1.807, 2.05) is 45.1 Å². The molecule has 2 rings (SSSR count). The Hall–Kier alpha value is -2.60. The molecule has 0 amide bonds. The Morgan fingerprint density at radius 1 is 1.34 bits per heavy atom. The molecule has 0 unspecified atom stereocenters. The van der Waals surface area contributed by atoms with Gasteiger partial charge in [-0.3, -0.25) is 0 Å². The summed E-state index contributed by atoms with van der Waals surface area (Å²) in [5.41, 5.74) is 8.21. The SMILES string of the molecule is C=C/C(=C\C=C/C)c1nc(Nc2ccc(N)c(OCCCCC)c2)sc1F.CC. The van der Waals surface area contributed by atoms with Gasteiger partial charge in [0.25, 0.3) is 0 Å². The molecule has 3 N–H and O–H groups in total. The summed E-state index contributed by atoms with van der Waals surface area (Å²) in [4.78, 5) is 4.35. The Morgan fingerprint density at radius 2 is 2.10 bits per heavy atom. The van der Waals surface area contributed by atoms with Gasteiger partial charge in [0.1, 0.15) is 11.4 Å². The highest BCUT2D eigenvalue weighted by Gasteiger charge is 2.14. The predicted octanol–water partition coefficient (Wildman–Crippen LogP) is 7.35. The lowest BCUT2D eigenvalue weighted by atomic mass is 10.2. The second-order valence-corrected chi connectivity index (χ2v) is 6.88. The van der Waals surface area contributed by atoms with E-state index in [1.165, 1.54) is 0 Å². The first-order valence-corrected chi connectivity index (χ1v) is 10.8. The van der Waals surface area contributed by atoms with Crippen LogP contribution in [0.4, 0.5) is 20.9 Å². The topological polar surface area (TPSA) is 60.2 Å². The quantitative estimate of drug-likeness (QED) is 0.241. The zero-order chi connectivity index (χ0) is 21.6.